The molecule has 1 aliphatic carbocycles. The molecule has 19 heavy (non-hydrogen) atoms. The van der Waals surface area contributed by atoms with E-state index in [0.29, 0.717) is 16.0 Å². The van der Waals surface area contributed by atoms with E-state index >= 15 is 0 Å². The molecule has 5 heteroatoms. The largest absolute Gasteiger partial charge is 0.324 e. The number of benzene rings is 1. The van der Waals surface area contributed by atoms with Crippen LogP contribution in [0.3, 0.4) is 0 Å². The van der Waals surface area contributed by atoms with Crippen LogP contribution in [-0.4, -0.2) is 9.55 Å². The van der Waals surface area contributed by atoms with Crippen molar-refractivity contribution >= 4 is 38.6 Å². The van der Waals surface area contributed by atoms with Crippen molar-refractivity contribution < 1.29 is 4.39 Å². The molecule has 0 saturated heterocycles. The molecule has 0 N–H and O–H groups in total. The van der Waals surface area contributed by atoms with Crippen LogP contribution in [0.5, 0.6) is 0 Å². The number of rotatable bonds is 2. The Labute approximate surface area is 125 Å². The third-order valence-corrected chi connectivity index (χ3v) is 4.61. The second-order valence-corrected chi connectivity index (χ2v) is 6.66. The summed E-state index contributed by atoms with van der Waals surface area (Å²) in [5.74, 6) is 0.568. The third-order valence-electron chi connectivity index (χ3n) is 3.80. The van der Waals surface area contributed by atoms with Crippen LogP contribution in [-0.2, 0) is 0 Å². The van der Waals surface area contributed by atoms with Gasteiger partial charge in [0.1, 0.15) is 11.6 Å². The Kier molecular flexibility index (Phi) is 3.56. The van der Waals surface area contributed by atoms with Gasteiger partial charge in [0, 0.05) is 12.1 Å². The molecule has 1 fully saturated rings. The van der Waals surface area contributed by atoms with Crippen LogP contribution in [0.25, 0.3) is 11.0 Å². The van der Waals surface area contributed by atoms with Crippen LogP contribution in [0.2, 0.25) is 0 Å². The molecular formula is C14H15BrClFN2. The van der Waals surface area contributed by atoms with Gasteiger partial charge >= 0.3 is 0 Å². The van der Waals surface area contributed by atoms with Crippen molar-refractivity contribution in [3.63, 3.8) is 0 Å². The molecule has 1 saturated carbocycles. The Hall–Kier alpha value is -0.610. The molecule has 1 aromatic heterocycles. The zero-order chi connectivity index (χ0) is 13.6. The number of nitrogens with zero attached hydrogens (tertiary/aromatic N) is 2. The van der Waals surface area contributed by atoms with Gasteiger partial charge in [-0.25, -0.2) is 9.37 Å². The number of fused-ring (bicyclic) bond motifs is 1. The number of alkyl halides is 1. The molecule has 0 bridgehead atoms. The molecule has 0 radical (unpaired) electrons. The molecule has 0 spiro atoms. The minimum Gasteiger partial charge on any atom is -0.324 e. The van der Waals surface area contributed by atoms with Crippen LogP contribution >= 0.6 is 27.5 Å². The lowest BCUT2D eigenvalue weighted by molar-refractivity contribution is 0.510. The van der Waals surface area contributed by atoms with Gasteiger partial charge in [0.05, 0.1) is 20.9 Å². The van der Waals surface area contributed by atoms with Gasteiger partial charge in [-0.1, -0.05) is 12.8 Å². The molecule has 0 aliphatic heterocycles. The first-order valence-electron chi connectivity index (χ1n) is 6.59. The summed E-state index contributed by atoms with van der Waals surface area (Å²) >= 11 is 9.51. The van der Waals surface area contributed by atoms with E-state index in [1.54, 1.807) is 0 Å². The topological polar surface area (TPSA) is 17.8 Å². The van der Waals surface area contributed by atoms with Crippen molar-refractivity contribution in [2.45, 2.75) is 44.0 Å². The number of halogens is 3. The van der Waals surface area contributed by atoms with Crippen molar-refractivity contribution in [3.05, 3.63) is 28.2 Å². The van der Waals surface area contributed by atoms with E-state index in [2.05, 4.69) is 25.5 Å². The van der Waals surface area contributed by atoms with Gasteiger partial charge in [-0.3, -0.25) is 0 Å². The van der Waals surface area contributed by atoms with Crippen LogP contribution in [0.15, 0.2) is 16.6 Å². The first-order chi connectivity index (χ1) is 9.08. The SMILES string of the molecule is CC(Cl)c1nc2cc(F)c(Br)cc2n1C1CCCC1. The summed E-state index contributed by atoms with van der Waals surface area (Å²) in [5.41, 5.74) is 1.66. The highest BCUT2D eigenvalue weighted by molar-refractivity contribution is 9.10. The molecule has 2 nitrogen and oxygen atoms in total. The molecule has 1 aromatic carbocycles. The minimum atomic E-state index is -0.280. The second kappa shape index (κ2) is 5.06. The molecule has 2 aromatic rings. The van der Waals surface area contributed by atoms with E-state index in [4.69, 9.17) is 11.6 Å². The highest BCUT2D eigenvalue weighted by Crippen LogP contribution is 2.37. The van der Waals surface area contributed by atoms with Gasteiger partial charge in [-0.05, 0) is 41.8 Å². The average Bonchev–Trinajstić information content (AvgIpc) is 2.96. The van der Waals surface area contributed by atoms with Gasteiger partial charge in [0.25, 0.3) is 0 Å². The Morgan fingerprint density at radius 2 is 2.11 bits per heavy atom. The number of hydrogen-bond acceptors (Lipinski definition) is 1. The van der Waals surface area contributed by atoms with E-state index in [0.717, 1.165) is 24.2 Å². The summed E-state index contributed by atoms with van der Waals surface area (Å²) in [7, 11) is 0. The van der Waals surface area contributed by atoms with Crippen molar-refractivity contribution in [1.82, 2.24) is 9.55 Å². The first kappa shape index (κ1) is 13.4. The van der Waals surface area contributed by atoms with E-state index in [9.17, 15) is 4.39 Å². The monoisotopic (exact) mass is 344 g/mol. The number of imidazole rings is 1. The highest BCUT2D eigenvalue weighted by atomic mass is 79.9. The molecule has 1 heterocycles. The fourth-order valence-electron chi connectivity index (χ4n) is 2.94. The molecule has 1 atom stereocenters. The average molecular weight is 346 g/mol. The van der Waals surface area contributed by atoms with Crippen molar-refractivity contribution in [2.24, 2.45) is 0 Å². The zero-order valence-corrected chi connectivity index (χ0v) is 13.0. The maximum Gasteiger partial charge on any atom is 0.139 e. The summed E-state index contributed by atoms with van der Waals surface area (Å²) in [5, 5.41) is -0.171. The summed E-state index contributed by atoms with van der Waals surface area (Å²) in [6, 6.07) is 3.74. The quantitative estimate of drug-likeness (QED) is 0.671. The van der Waals surface area contributed by atoms with E-state index in [1.165, 1.54) is 18.9 Å². The Balaban J connectivity index is 2.25. The lowest BCUT2D eigenvalue weighted by Crippen LogP contribution is -2.09. The fraction of sp³-hybridized carbons (Fsp3) is 0.500. The normalized spacial score (nSPS) is 18.3. The van der Waals surface area contributed by atoms with E-state index < -0.39 is 0 Å². The fourth-order valence-corrected chi connectivity index (χ4v) is 3.42. The number of aromatic nitrogens is 2. The Morgan fingerprint density at radius 1 is 1.42 bits per heavy atom. The smallest absolute Gasteiger partial charge is 0.139 e. The van der Waals surface area contributed by atoms with Crippen LogP contribution in [0.1, 0.15) is 49.9 Å². The Bertz CT molecular complexity index is 617. The first-order valence-corrected chi connectivity index (χ1v) is 7.82. The lowest BCUT2D eigenvalue weighted by Gasteiger charge is -2.17. The van der Waals surface area contributed by atoms with Gasteiger partial charge in [-0.15, -0.1) is 11.6 Å². The maximum atomic E-state index is 13.6. The highest BCUT2D eigenvalue weighted by Gasteiger charge is 2.25. The van der Waals surface area contributed by atoms with Crippen molar-refractivity contribution in [3.8, 4) is 0 Å². The van der Waals surface area contributed by atoms with E-state index in [-0.39, 0.29) is 11.2 Å². The summed E-state index contributed by atoms with van der Waals surface area (Å²) in [4.78, 5) is 4.53. The molecule has 102 valence electrons. The predicted octanol–water partition coefficient (Wildman–Crippen LogP) is 5.35. The second-order valence-electron chi connectivity index (χ2n) is 5.15. The van der Waals surface area contributed by atoms with Gasteiger partial charge < -0.3 is 4.57 Å². The van der Waals surface area contributed by atoms with Gasteiger partial charge in [0.2, 0.25) is 0 Å². The Morgan fingerprint density at radius 3 is 2.74 bits per heavy atom. The summed E-state index contributed by atoms with van der Waals surface area (Å²) < 4.78 is 16.3. The van der Waals surface area contributed by atoms with Crippen LogP contribution < -0.4 is 0 Å². The minimum absolute atomic E-state index is 0.171. The summed E-state index contributed by atoms with van der Waals surface area (Å²) in [6.45, 7) is 1.92. The standard InChI is InChI=1S/C14H15BrClFN2/c1-8(16)14-18-12-7-11(17)10(15)6-13(12)19(14)9-4-2-3-5-9/h6-9H,2-5H2,1H3. The van der Waals surface area contributed by atoms with Crippen molar-refractivity contribution in [1.29, 1.82) is 0 Å². The predicted molar refractivity (Wildman–Crippen MR) is 79.2 cm³/mol. The third kappa shape index (κ3) is 2.29. The molecule has 1 unspecified atom stereocenters. The molecule has 0 amide bonds. The molecular weight excluding hydrogens is 331 g/mol. The van der Waals surface area contributed by atoms with Gasteiger partial charge in [-0.2, -0.15) is 0 Å². The van der Waals surface area contributed by atoms with Gasteiger partial charge in [0.15, 0.2) is 0 Å². The lowest BCUT2D eigenvalue weighted by atomic mass is 10.2. The van der Waals surface area contributed by atoms with Crippen molar-refractivity contribution in [2.75, 3.05) is 0 Å². The van der Waals surface area contributed by atoms with Crippen LogP contribution in [0.4, 0.5) is 4.39 Å². The number of hydrogen-bond donors (Lipinski definition) is 0. The van der Waals surface area contributed by atoms with E-state index in [1.807, 2.05) is 13.0 Å². The molecule has 3 rings (SSSR count). The zero-order valence-electron chi connectivity index (χ0n) is 10.7. The maximum absolute atomic E-state index is 13.6. The summed E-state index contributed by atoms with van der Waals surface area (Å²) in [6.07, 6.45) is 4.78. The molecule has 1 aliphatic rings. The van der Waals surface area contributed by atoms with Crippen LogP contribution in [0, 0.1) is 5.82 Å².